The molecule has 12 heteroatoms. The summed E-state index contributed by atoms with van der Waals surface area (Å²) in [5.74, 6) is -1.50. The molecule has 0 saturated carbocycles. The quantitative estimate of drug-likeness (QED) is 0.185. The molecule has 0 atom stereocenters. The first-order valence-electron chi connectivity index (χ1n) is 9.56. The monoisotopic (exact) mass is 447 g/mol. The van der Waals surface area contributed by atoms with Crippen LogP contribution in [0, 0.1) is 5.41 Å². The smallest absolute Gasteiger partial charge is 0.283 e. The Bertz CT molecular complexity index is 950. The zero-order valence-electron chi connectivity index (χ0n) is 16.9. The Morgan fingerprint density at radius 3 is 2.39 bits per heavy atom. The number of hydrogen-bond donors (Lipinski definition) is 6. The van der Waals surface area contributed by atoms with E-state index in [4.69, 9.17) is 39.9 Å². The topological polar surface area (TPSA) is 203 Å². The number of unbranched alkanes of at least 4 members (excludes halogenated alkanes) is 1. The lowest BCUT2D eigenvalue weighted by Gasteiger charge is -2.20. The van der Waals surface area contributed by atoms with Gasteiger partial charge in [-0.1, -0.05) is 23.7 Å². The van der Waals surface area contributed by atoms with Crippen LogP contribution in [0.4, 0.5) is 17.3 Å². The molecule has 0 radical (unpaired) electrons. The van der Waals surface area contributed by atoms with E-state index in [0.29, 0.717) is 18.7 Å². The number of nitrogen functional groups attached to an aromatic ring is 2. The van der Waals surface area contributed by atoms with E-state index in [1.54, 1.807) is 0 Å². The molecule has 166 valence electrons. The number of halogens is 1. The summed E-state index contributed by atoms with van der Waals surface area (Å²) in [6, 6.07) is 7.47. The summed E-state index contributed by atoms with van der Waals surface area (Å²) >= 11 is 5.82. The molecule has 0 fully saturated rings. The summed E-state index contributed by atoms with van der Waals surface area (Å²) in [6.45, 7) is 0.499. The number of nitrogens with zero attached hydrogens (tertiary/aromatic N) is 3. The van der Waals surface area contributed by atoms with Crippen LogP contribution < -0.4 is 28.3 Å². The first-order chi connectivity index (χ1) is 14.7. The molecule has 2 amide bonds. The van der Waals surface area contributed by atoms with Crippen molar-refractivity contribution in [3.63, 3.8) is 0 Å². The maximum Gasteiger partial charge on any atom is 0.283 e. The lowest BCUT2D eigenvalue weighted by Crippen LogP contribution is -2.42. The van der Waals surface area contributed by atoms with E-state index in [-0.39, 0.29) is 41.4 Å². The zero-order chi connectivity index (χ0) is 23.0. The van der Waals surface area contributed by atoms with Gasteiger partial charge >= 0.3 is 0 Å². The molecule has 2 aromatic rings. The number of benzene rings is 1. The molecule has 0 aliphatic rings. The number of guanidine groups is 1. The van der Waals surface area contributed by atoms with E-state index in [1.165, 1.54) is 0 Å². The van der Waals surface area contributed by atoms with Crippen LogP contribution in [0.3, 0.4) is 0 Å². The normalized spacial score (nSPS) is 10.5. The van der Waals surface area contributed by atoms with Crippen LogP contribution in [-0.2, 0) is 11.2 Å². The van der Waals surface area contributed by atoms with Crippen molar-refractivity contribution in [2.24, 2.45) is 11.5 Å². The van der Waals surface area contributed by atoms with Gasteiger partial charge < -0.3 is 28.3 Å². The van der Waals surface area contributed by atoms with Gasteiger partial charge in [-0.15, -0.1) is 0 Å². The van der Waals surface area contributed by atoms with Gasteiger partial charge in [0.05, 0.1) is 0 Å². The van der Waals surface area contributed by atoms with Gasteiger partial charge in [-0.25, -0.2) is 9.97 Å². The third-order valence-corrected chi connectivity index (χ3v) is 4.63. The lowest BCUT2D eigenvalue weighted by molar-refractivity contribution is -0.116. The highest BCUT2D eigenvalue weighted by atomic mass is 35.5. The molecule has 11 nitrogen and oxygen atoms in total. The summed E-state index contributed by atoms with van der Waals surface area (Å²) in [5, 5.41) is 10.3. The zero-order valence-corrected chi connectivity index (χ0v) is 17.7. The molecule has 0 bridgehead atoms. The predicted octanol–water partition coefficient (Wildman–Crippen LogP) is 0.940. The fraction of sp³-hybridized carbons (Fsp3) is 0.316. The van der Waals surface area contributed by atoms with Crippen LogP contribution in [0.5, 0.6) is 0 Å². The number of nitrogens with two attached hydrogens (primary N) is 4. The van der Waals surface area contributed by atoms with Crippen LogP contribution in [0.15, 0.2) is 24.3 Å². The minimum absolute atomic E-state index is 0.0879. The highest BCUT2D eigenvalue weighted by Gasteiger charge is 2.23. The first-order valence-corrected chi connectivity index (χ1v) is 9.94. The van der Waals surface area contributed by atoms with Crippen molar-refractivity contribution in [1.29, 1.82) is 5.41 Å². The minimum atomic E-state index is -0.669. The van der Waals surface area contributed by atoms with Crippen LogP contribution in [0.1, 0.15) is 35.3 Å². The SMILES string of the molecule is N=C(N)N(CCCCc1ccc(NC(=O)CCN)cc1)C(=O)c1nc(Cl)c(N)nc1N. The Labute approximate surface area is 184 Å². The predicted molar refractivity (Wildman–Crippen MR) is 120 cm³/mol. The largest absolute Gasteiger partial charge is 0.382 e. The van der Waals surface area contributed by atoms with Crippen LogP contribution in [0.2, 0.25) is 5.15 Å². The third-order valence-electron chi connectivity index (χ3n) is 4.35. The number of nitrogens with one attached hydrogen (secondary N) is 2. The van der Waals surface area contributed by atoms with E-state index in [2.05, 4.69) is 15.3 Å². The van der Waals surface area contributed by atoms with Gasteiger partial charge in [-0.3, -0.25) is 19.9 Å². The van der Waals surface area contributed by atoms with Crippen LogP contribution in [0.25, 0.3) is 0 Å². The number of aryl methyl sites for hydroxylation is 1. The van der Waals surface area contributed by atoms with Crippen LogP contribution in [-0.4, -0.2) is 45.7 Å². The summed E-state index contributed by atoms with van der Waals surface area (Å²) in [7, 11) is 0. The van der Waals surface area contributed by atoms with E-state index < -0.39 is 11.9 Å². The van der Waals surface area contributed by atoms with Gasteiger partial charge in [-0.2, -0.15) is 0 Å². The summed E-state index contributed by atoms with van der Waals surface area (Å²) in [4.78, 5) is 32.9. The lowest BCUT2D eigenvalue weighted by atomic mass is 10.1. The molecule has 0 unspecified atom stereocenters. The van der Waals surface area contributed by atoms with E-state index >= 15 is 0 Å². The van der Waals surface area contributed by atoms with Crippen molar-refractivity contribution in [3.05, 3.63) is 40.7 Å². The molecule has 31 heavy (non-hydrogen) atoms. The van der Waals surface area contributed by atoms with Crippen molar-refractivity contribution in [2.45, 2.75) is 25.7 Å². The van der Waals surface area contributed by atoms with Gasteiger partial charge in [0, 0.05) is 25.2 Å². The highest BCUT2D eigenvalue weighted by molar-refractivity contribution is 6.31. The van der Waals surface area contributed by atoms with Crippen molar-refractivity contribution < 1.29 is 9.59 Å². The Balaban J connectivity index is 1.90. The molecule has 1 heterocycles. The number of carbonyl (C=O) groups excluding carboxylic acids is 2. The number of amides is 2. The molecule has 0 aliphatic carbocycles. The Morgan fingerprint density at radius 1 is 1.10 bits per heavy atom. The molecule has 0 saturated heterocycles. The standard InChI is InChI=1S/C19H26ClN9O2/c20-15-17(23)28-16(22)14(27-15)18(31)29(19(24)25)10-2-1-3-11-4-6-12(7-5-11)26-13(30)8-9-21/h4-7H,1-3,8-10,21H2,(H3,24,25)(H,26,30)(H4,22,23,28). The fourth-order valence-corrected chi connectivity index (χ4v) is 2.89. The number of rotatable bonds is 9. The average Bonchev–Trinajstić information content (AvgIpc) is 2.71. The summed E-state index contributed by atoms with van der Waals surface area (Å²) in [5.41, 5.74) is 23.7. The summed E-state index contributed by atoms with van der Waals surface area (Å²) < 4.78 is 0. The van der Waals surface area contributed by atoms with E-state index in [9.17, 15) is 9.59 Å². The van der Waals surface area contributed by atoms with Crippen molar-refractivity contribution in [1.82, 2.24) is 14.9 Å². The molecule has 1 aromatic heterocycles. The first kappa shape index (κ1) is 23.8. The average molecular weight is 448 g/mol. The van der Waals surface area contributed by atoms with E-state index in [1.807, 2.05) is 24.3 Å². The molecule has 2 rings (SSSR count). The maximum absolute atomic E-state index is 12.7. The van der Waals surface area contributed by atoms with Crippen LogP contribution >= 0.6 is 11.6 Å². The maximum atomic E-state index is 12.7. The Kier molecular flexibility index (Phi) is 8.53. The fourth-order valence-electron chi connectivity index (χ4n) is 2.77. The molecular formula is C19H26ClN9O2. The van der Waals surface area contributed by atoms with Crippen molar-refractivity contribution in [3.8, 4) is 0 Å². The second-order valence-corrected chi connectivity index (χ2v) is 7.07. The minimum Gasteiger partial charge on any atom is -0.382 e. The molecule has 0 aliphatic heterocycles. The molecule has 1 aromatic carbocycles. The van der Waals surface area contributed by atoms with Gasteiger partial charge in [0.25, 0.3) is 5.91 Å². The Hall–Kier alpha value is -3.44. The Morgan fingerprint density at radius 2 is 1.77 bits per heavy atom. The molecular weight excluding hydrogens is 422 g/mol. The van der Waals surface area contributed by atoms with Gasteiger partial charge in [0.1, 0.15) is 0 Å². The van der Waals surface area contributed by atoms with Gasteiger partial charge in [0.2, 0.25) is 5.91 Å². The second-order valence-electron chi connectivity index (χ2n) is 6.72. The number of aromatic nitrogens is 2. The second kappa shape index (κ2) is 11.1. The number of anilines is 3. The highest BCUT2D eigenvalue weighted by Crippen LogP contribution is 2.19. The van der Waals surface area contributed by atoms with Gasteiger partial charge in [-0.05, 0) is 37.0 Å². The number of hydrogen-bond acceptors (Lipinski definition) is 8. The molecule has 10 N–H and O–H groups in total. The number of carbonyl (C=O) groups is 2. The van der Waals surface area contributed by atoms with Crippen molar-refractivity contribution in [2.75, 3.05) is 29.9 Å². The third kappa shape index (κ3) is 6.79. The van der Waals surface area contributed by atoms with E-state index in [0.717, 1.165) is 23.3 Å². The summed E-state index contributed by atoms with van der Waals surface area (Å²) in [6.07, 6.45) is 2.33. The van der Waals surface area contributed by atoms with Gasteiger partial charge in [0.15, 0.2) is 28.4 Å². The van der Waals surface area contributed by atoms with Crippen molar-refractivity contribution >= 4 is 46.7 Å². The molecule has 0 spiro atoms.